The van der Waals surface area contributed by atoms with Crippen LogP contribution < -0.4 is 9.64 Å². The van der Waals surface area contributed by atoms with Crippen LogP contribution in [-0.4, -0.2) is 28.5 Å². The summed E-state index contributed by atoms with van der Waals surface area (Å²) in [4.78, 5) is 22.0. The lowest BCUT2D eigenvalue weighted by molar-refractivity contribution is -0.117. The van der Waals surface area contributed by atoms with Crippen LogP contribution in [0.1, 0.15) is 53.0 Å². The minimum atomic E-state index is 0. The van der Waals surface area contributed by atoms with Crippen LogP contribution in [-0.2, 0) is 4.79 Å². The lowest BCUT2D eigenvalue weighted by Gasteiger charge is -2.42. The van der Waals surface area contributed by atoms with E-state index in [-0.39, 0.29) is 20.7 Å². The Labute approximate surface area is 188 Å². The van der Waals surface area contributed by atoms with Gasteiger partial charge in [0.15, 0.2) is 0 Å². The summed E-state index contributed by atoms with van der Waals surface area (Å²) in [6.07, 6.45) is 8.92. The molecule has 5 nitrogen and oxygen atoms in total. The van der Waals surface area contributed by atoms with Gasteiger partial charge in [-0.1, -0.05) is 24.6 Å². The van der Waals surface area contributed by atoms with Crippen molar-refractivity contribution in [3.63, 3.8) is 0 Å². The number of aromatic nitrogens is 2. The summed E-state index contributed by atoms with van der Waals surface area (Å²) in [7, 11) is 0. The summed E-state index contributed by atoms with van der Waals surface area (Å²) in [6, 6.07) is 8.08. The van der Waals surface area contributed by atoms with Crippen LogP contribution in [0.3, 0.4) is 0 Å². The molecule has 0 unspecified atom stereocenters. The zero-order valence-corrected chi connectivity index (χ0v) is 19.1. The van der Waals surface area contributed by atoms with Crippen molar-refractivity contribution in [2.24, 2.45) is 5.92 Å². The quantitative estimate of drug-likeness (QED) is 0.568. The maximum Gasteiger partial charge on any atom is 0.224 e. The van der Waals surface area contributed by atoms with Gasteiger partial charge in [-0.15, -0.1) is 6.58 Å². The van der Waals surface area contributed by atoms with E-state index >= 15 is 0 Å². The van der Waals surface area contributed by atoms with Crippen molar-refractivity contribution in [3.05, 3.63) is 78.3 Å². The molecule has 2 aromatic rings. The van der Waals surface area contributed by atoms with E-state index in [0.29, 0.717) is 12.5 Å². The third kappa shape index (κ3) is 5.60. The Morgan fingerprint density at radius 3 is 2.58 bits per heavy atom. The average molecular weight is 423 g/mol. The number of anilines is 1. The van der Waals surface area contributed by atoms with Crippen molar-refractivity contribution >= 4 is 11.6 Å². The number of carbonyl (C=O) groups is 1. The van der Waals surface area contributed by atoms with E-state index < -0.39 is 0 Å². The fourth-order valence-electron chi connectivity index (χ4n) is 4.03. The van der Waals surface area contributed by atoms with Gasteiger partial charge in [0.25, 0.3) is 0 Å². The molecule has 1 radical (unpaired) electrons. The van der Waals surface area contributed by atoms with Gasteiger partial charge in [0.2, 0.25) is 5.91 Å². The SMILES string of the molecule is C=C[C@H]1c2cc(OCCC3=C[CH]3)ccc2N(C(C)=O)[C@@H](C)[C@@H]1C.Cc1ccnc(C)n1.[HH].[HH]. The van der Waals surface area contributed by atoms with E-state index in [9.17, 15) is 4.79 Å². The number of aryl methyl sites for hydroxylation is 2. The van der Waals surface area contributed by atoms with Gasteiger partial charge in [-0.3, -0.25) is 4.79 Å². The van der Waals surface area contributed by atoms with Crippen LogP contribution >= 0.6 is 0 Å². The second kappa shape index (κ2) is 9.90. The molecule has 3 atom stereocenters. The van der Waals surface area contributed by atoms with E-state index in [2.05, 4.69) is 49.0 Å². The molecule has 1 aromatic carbocycles. The van der Waals surface area contributed by atoms with E-state index in [0.717, 1.165) is 34.9 Å². The summed E-state index contributed by atoms with van der Waals surface area (Å²) in [5, 5.41) is 0. The zero-order chi connectivity index (χ0) is 22.5. The van der Waals surface area contributed by atoms with Crippen molar-refractivity contribution in [2.45, 2.75) is 53.0 Å². The largest absolute Gasteiger partial charge is 0.493 e. The highest BCUT2D eigenvalue weighted by molar-refractivity contribution is 5.94. The number of nitrogens with zero attached hydrogens (tertiary/aromatic N) is 3. The second-order valence-electron chi connectivity index (χ2n) is 8.22. The number of ether oxygens (including phenoxy) is 1. The molecule has 31 heavy (non-hydrogen) atoms. The molecular weight excluding hydrogens is 386 g/mol. The molecule has 0 spiro atoms. The highest BCUT2D eigenvalue weighted by Gasteiger charge is 2.36. The van der Waals surface area contributed by atoms with E-state index in [1.165, 1.54) is 5.57 Å². The van der Waals surface area contributed by atoms with Gasteiger partial charge >= 0.3 is 0 Å². The van der Waals surface area contributed by atoms with Crippen molar-refractivity contribution in [1.29, 1.82) is 0 Å². The van der Waals surface area contributed by atoms with Gasteiger partial charge in [0.1, 0.15) is 11.6 Å². The van der Waals surface area contributed by atoms with Crippen molar-refractivity contribution in [1.82, 2.24) is 9.97 Å². The maximum absolute atomic E-state index is 12.1. The minimum absolute atomic E-state index is 0. The summed E-state index contributed by atoms with van der Waals surface area (Å²) in [5.74, 6) is 2.34. The first kappa shape index (κ1) is 22.7. The van der Waals surface area contributed by atoms with Crippen LogP contribution in [0.4, 0.5) is 5.69 Å². The molecule has 167 valence electrons. The number of rotatable bonds is 5. The monoisotopic (exact) mass is 422 g/mol. The molecule has 4 rings (SSSR count). The smallest absolute Gasteiger partial charge is 0.224 e. The molecule has 5 heteroatoms. The van der Waals surface area contributed by atoms with Gasteiger partial charge < -0.3 is 9.64 Å². The average Bonchev–Trinajstić information content (AvgIpc) is 3.54. The Morgan fingerprint density at radius 2 is 2.03 bits per heavy atom. The second-order valence-corrected chi connectivity index (χ2v) is 8.22. The van der Waals surface area contributed by atoms with Crippen LogP contribution in [0, 0.1) is 26.2 Å². The molecule has 0 bridgehead atoms. The Bertz CT molecular complexity index is 976. The summed E-state index contributed by atoms with van der Waals surface area (Å²) >= 11 is 0. The van der Waals surface area contributed by atoms with Crippen LogP contribution in [0.15, 0.2) is 54.8 Å². The molecule has 0 saturated heterocycles. The molecule has 1 aromatic heterocycles. The third-order valence-electron chi connectivity index (χ3n) is 5.92. The molecule has 1 aliphatic heterocycles. The predicted octanol–water partition coefficient (Wildman–Crippen LogP) is 5.85. The summed E-state index contributed by atoms with van der Waals surface area (Å²) < 4.78 is 5.87. The number of hydrogen-bond donors (Lipinski definition) is 0. The fourth-order valence-corrected chi connectivity index (χ4v) is 4.03. The van der Waals surface area contributed by atoms with Gasteiger partial charge in [0, 0.05) is 52.2 Å². The van der Waals surface area contributed by atoms with Crippen molar-refractivity contribution in [2.75, 3.05) is 11.5 Å². The van der Waals surface area contributed by atoms with Gasteiger partial charge in [-0.25, -0.2) is 9.97 Å². The van der Waals surface area contributed by atoms with Crippen LogP contribution in [0.25, 0.3) is 0 Å². The number of hydrogen-bond acceptors (Lipinski definition) is 4. The predicted molar refractivity (Wildman–Crippen MR) is 129 cm³/mol. The lowest BCUT2D eigenvalue weighted by Crippen LogP contribution is -2.46. The minimum Gasteiger partial charge on any atom is -0.493 e. The zero-order valence-electron chi connectivity index (χ0n) is 19.1. The summed E-state index contributed by atoms with van der Waals surface area (Å²) in [6.45, 7) is 14.4. The van der Waals surface area contributed by atoms with Gasteiger partial charge in [-0.05, 0) is 56.5 Å². The normalized spacial score (nSPS) is 21.3. The van der Waals surface area contributed by atoms with Gasteiger partial charge in [-0.2, -0.15) is 0 Å². The van der Waals surface area contributed by atoms with E-state index in [4.69, 9.17) is 4.74 Å². The number of allylic oxidation sites excluding steroid dienone is 2. The first-order chi connectivity index (χ1) is 14.8. The molecule has 2 heterocycles. The van der Waals surface area contributed by atoms with E-state index in [1.54, 1.807) is 13.1 Å². The maximum atomic E-state index is 12.1. The third-order valence-corrected chi connectivity index (χ3v) is 5.92. The Hall–Kier alpha value is -2.95. The number of fused-ring (bicyclic) bond motifs is 1. The molecule has 1 amide bonds. The highest BCUT2D eigenvalue weighted by Crippen LogP contribution is 2.44. The molecule has 0 N–H and O–H groups in total. The first-order valence-corrected chi connectivity index (χ1v) is 10.8. The Morgan fingerprint density at radius 1 is 1.29 bits per heavy atom. The van der Waals surface area contributed by atoms with Crippen molar-refractivity contribution in [3.8, 4) is 5.75 Å². The molecule has 0 saturated carbocycles. The van der Waals surface area contributed by atoms with E-state index in [1.807, 2.05) is 43.0 Å². The van der Waals surface area contributed by atoms with Crippen LogP contribution in [0.5, 0.6) is 5.75 Å². The van der Waals surface area contributed by atoms with Crippen molar-refractivity contribution < 1.29 is 12.4 Å². The van der Waals surface area contributed by atoms with Gasteiger partial charge in [0.05, 0.1) is 6.61 Å². The first-order valence-electron chi connectivity index (χ1n) is 10.8. The topological polar surface area (TPSA) is 55.3 Å². The highest BCUT2D eigenvalue weighted by atomic mass is 16.5. The Balaban J connectivity index is 0.000000465. The molecule has 0 fully saturated rings. The number of carbonyl (C=O) groups excluding carboxylic acids is 1. The Kier molecular flexibility index (Phi) is 7.26. The molecule has 1 aliphatic carbocycles. The number of benzene rings is 1. The fraction of sp³-hybridized carbons (Fsp3) is 0.385. The standard InChI is InChI=1S/C20H24NO2.C6H8N2.2H2/c1-5-18-13(2)14(3)21(15(4)22)20-9-8-17(12-19(18)20)23-11-10-16-6-7-16;1-5-3-4-7-6(2)8-5;;/h5-9,12-14,18H,1,10-11H2,2-4H3;3-4H,1-2H3;2*1H/t13-,14-,18+;;;/m0.../s1. The molecule has 2 aliphatic rings. The number of amides is 1. The lowest BCUT2D eigenvalue weighted by atomic mass is 9.78. The molecular formula is C26H36N3O2. The summed E-state index contributed by atoms with van der Waals surface area (Å²) in [5.41, 5.74) is 4.50. The van der Waals surface area contributed by atoms with Crippen LogP contribution in [0.2, 0.25) is 0 Å².